The third-order valence-corrected chi connectivity index (χ3v) is 2.87. The molecule has 0 atom stereocenters. The van der Waals surface area contributed by atoms with Crippen LogP contribution in [0.25, 0.3) is 11.2 Å². The minimum absolute atomic E-state index is 0.0314. The van der Waals surface area contributed by atoms with Crippen LogP contribution in [0.3, 0.4) is 0 Å². The first-order chi connectivity index (χ1) is 12.8. The number of hydrogen-bond acceptors (Lipinski definition) is 9. The normalized spacial score (nSPS) is 11.8. The van der Waals surface area contributed by atoms with Gasteiger partial charge < -0.3 is 19.4 Å². The Morgan fingerprint density at radius 2 is 1.46 bits per heavy atom. The van der Waals surface area contributed by atoms with Gasteiger partial charge in [0.25, 0.3) is 0 Å². The Labute approximate surface area is 161 Å². The first-order valence-electron chi connectivity index (χ1n) is 8.33. The van der Waals surface area contributed by atoms with Crippen LogP contribution in [-0.2, 0) is 9.47 Å². The molecule has 2 rings (SSSR count). The van der Waals surface area contributed by atoms with E-state index in [0.717, 1.165) is 0 Å². The summed E-state index contributed by atoms with van der Waals surface area (Å²) in [5.74, 6) is -0.472. The summed E-state index contributed by atoms with van der Waals surface area (Å²) in [5, 5.41) is 14.9. The van der Waals surface area contributed by atoms with Crippen molar-refractivity contribution in [2.75, 3.05) is 17.7 Å². The molecule has 0 saturated carbocycles. The average molecular weight is 396 g/mol. The molecule has 2 amide bonds. The Balaban J connectivity index is 2.34. The number of carbonyl (C=O) groups is 2. The van der Waals surface area contributed by atoms with E-state index in [4.69, 9.17) is 14.2 Å². The van der Waals surface area contributed by atoms with Gasteiger partial charge in [0.05, 0.1) is 7.11 Å². The highest BCUT2D eigenvalue weighted by molar-refractivity contribution is 5.89. The molecule has 12 heteroatoms. The number of methoxy groups -OCH3 is 1. The van der Waals surface area contributed by atoms with Gasteiger partial charge in [-0.3, -0.25) is 10.6 Å². The number of rotatable bonds is 3. The number of anilines is 2. The van der Waals surface area contributed by atoms with Crippen LogP contribution in [0.15, 0.2) is 0 Å². The van der Waals surface area contributed by atoms with Crippen molar-refractivity contribution in [1.82, 2.24) is 19.7 Å². The van der Waals surface area contributed by atoms with E-state index in [1.807, 2.05) is 0 Å². The van der Waals surface area contributed by atoms with E-state index in [2.05, 4.69) is 25.6 Å². The number of nitrogens with one attached hydrogen (secondary N) is 2. The zero-order valence-electron chi connectivity index (χ0n) is 16.8. The summed E-state index contributed by atoms with van der Waals surface area (Å²) >= 11 is 0. The molecule has 0 saturated heterocycles. The minimum atomic E-state index is -0.822. The summed E-state index contributed by atoms with van der Waals surface area (Å²) in [6.07, 6.45) is -1.61. The van der Waals surface area contributed by atoms with Gasteiger partial charge >= 0.3 is 12.2 Å². The molecule has 0 aliphatic carbocycles. The highest BCUT2D eigenvalue weighted by atomic mass is 16.6. The van der Waals surface area contributed by atoms with Crippen molar-refractivity contribution in [3.05, 3.63) is 0 Å². The van der Waals surface area contributed by atoms with Crippen LogP contribution in [-0.4, -0.2) is 55.4 Å². The predicted octanol–water partition coefficient (Wildman–Crippen LogP) is 2.77. The van der Waals surface area contributed by atoms with Gasteiger partial charge in [-0.25, -0.2) is 14.6 Å². The van der Waals surface area contributed by atoms with Crippen LogP contribution >= 0.6 is 0 Å². The molecule has 0 fully saturated rings. The fraction of sp³-hybridized carbons (Fsp3) is 0.562. The number of amides is 2. The van der Waals surface area contributed by atoms with E-state index in [1.165, 1.54) is 7.11 Å². The second kappa shape index (κ2) is 7.37. The van der Waals surface area contributed by atoms with Crippen LogP contribution in [0.2, 0.25) is 0 Å². The molecule has 0 spiro atoms. The Kier molecular flexibility index (Phi) is 5.52. The number of carbonyl (C=O) groups excluding carboxylic acids is 2. The van der Waals surface area contributed by atoms with E-state index >= 15 is 0 Å². The van der Waals surface area contributed by atoms with Crippen molar-refractivity contribution in [3.63, 3.8) is 0 Å². The van der Waals surface area contributed by atoms with Crippen LogP contribution in [0.5, 0.6) is 5.88 Å². The molecule has 0 radical (unpaired) electrons. The molecule has 3 N–H and O–H groups in total. The largest absolute Gasteiger partial charge is 0.479 e. The molecule has 28 heavy (non-hydrogen) atoms. The molecule has 0 bridgehead atoms. The number of ether oxygens (including phenoxy) is 3. The van der Waals surface area contributed by atoms with Crippen molar-refractivity contribution in [3.8, 4) is 5.88 Å². The van der Waals surface area contributed by atoms with Crippen molar-refractivity contribution in [1.29, 1.82) is 0 Å². The molecule has 2 aromatic heterocycles. The molecular weight excluding hydrogens is 372 g/mol. The van der Waals surface area contributed by atoms with Gasteiger partial charge in [0, 0.05) is 0 Å². The Morgan fingerprint density at radius 1 is 0.929 bits per heavy atom. The first kappa shape index (κ1) is 21.0. The zero-order chi connectivity index (χ0) is 21.3. The third kappa shape index (κ3) is 5.34. The van der Waals surface area contributed by atoms with Crippen LogP contribution in [0.4, 0.5) is 21.5 Å². The van der Waals surface area contributed by atoms with Gasteiger partial charge in [0.15, 0.2) is 5.52 Å². The van der Waals surface area contributed by atoms with E-state index in [-0.39, 0.29) is 28.9 Å². The lowest BCUT2D eigenvalue weighted by atomic mass is 10.2. The summed E-state index contributed by atoms with van der Waals surface area (Å²) in [6.45, 7) is 10.2. The van der Waals surface area contributed by atoms with Crippen molar-refractivity contribution >= 4 is 35.2 Å². The number of hydrogen-bond donors (Lipinski definition) is 3. The van der Waals surface area contributed by atoms with Crippen LogP contribution < -0.4 is 15.4 Å². The number of imidazole rings is 1. The highest BCUT2D eigenvalue weighted by Crippen LogP contribution is 2.26. The third-order valence-electron chi connectivity index (χ3n) is 2.87. The summed E-state index contributed by atoms with van der Waals surface area (Å²) in [4.78, 5) is 35.9. The van der Waals surface area contributed by atoms with Gasteiger partial charge in [-0.05, 0) is 41.5 Å². The maximum absolute atomic E-state index is 11.9. The van der Waals surface area contributed by atoms with E-state index in [1.54, 1.807) is 41.5 Å². The van der Waals surface area contributed by atoms with E-state index in [9.17, 15) is 14.8 Å². The Hall–Kier alpha value is -3.31. The number of nitrogens with zero attached hydrogens (tertiary/aromatic N) is 4. The number of fused-ring (bicyclic) bond motifs is 1. The predicted molar refractivity (Wildman–Crippen MR) is 98.8 cm³/mol. The number of aromatic nitrogens is 4. The monoisotopic (exact) mass is 396 g/mol. The summed E-state index contributed by atoms with van der Waals surface area (Å²) in [5.41, 5.74) is -1.50. The molecular formula is C16H24N6O6. The highest BCUT2D eigenvalue weighted by Gasteiger charge is 2.24. The second-order valence-corrected chi connectivity index (χ2v) is 7.73. The summed E-state index contributed by atoms with van der Waals surface area (Å²) in [6, 6.07) is 0. The Bertz CT molecular complexity index is 896. The van der Waals surface area contributed by atoms with E-state index < -0.39 is 23.4 Å². The van der Waals surface area contributed by atoms with Gasteiger partial charge in [0.2, 0.25) is 23.4 Å². The standard InChI is InChI=1S/C16H24N6O6/c1-15(2,3)27-13(23)20-11-18-9-8(10(19-11)26-7)17-12(22(9)25)21-14(24)28-16(4,5)6/h25H,1-7H3,(H,17,21,24)(H,18,19,20,23). The van der Waals surface area contributed by atoms with Gasteiger partial charge in [-0.1, -0.05) is 0 Å². The van der Waals surface area contributed by atoms with Crippen molar-refractivity contribution in [2.24, 2.45) is 0 Å². The smallest absolute Gasteiger partial charge is 0.414 e. The van der Waals surface area contributed by atoms with Crippen molar-refractivity contribution in [2.45, 2.75) is 52.7 Å². The van der Waals surface area contributed by atoms with Crippen LogP contribution in [0.1, 0.15) is 41.5 Å². The SMILES string of the molecule is COc1nc(NC(=O)OC(C)(C)C)nc2c1nc(NC(=O)OC(C)(C)C)n2O. The van der Waals surface area contributed by atoms with Gasteiger partial charge in [0.1, 0.15) is 11.2 Å². The summed E-state index contributed by atoms with van der Waals surface area (Å²) < 4.78 is 15.9. The molecule has 12 nitrogen and oxygen atoms in total. The minimum Gasteiger partial charge on any atom is -0.479 e. The molecule has 2 heterocycles. The molecule has 0 unspecified atom stereocenters. The zero-order valence-corrected chi connectivity index (χ0v) is 16.8. The molecule has 2 aromatic rings. The lowest BCUT2D eigenvalue weighted by Gasteiger charge is -2.19. The van der Waals surface area contributed by atoms with E-state index in [0.29, 0.717) is 4.73 Å². The molecule has 0 aliphatic rings. The van der Waals surface area contributed by atoms with Crippen molar-refractivity contribution < 1.29 is 29.0 Å². The molecule has 0 aromatic carbocycles. The lowest BCUT2D eigenvalue weighted by Crippen LogP contribution is -2.28. The second-order valence-electron chi connectivity index (χ2n) is 7.73. The fourth-order valence-corrected chi connectivity index (χ4v) is 1.99. The summed E-state index contributed by atoms with van der Waals surface area (Å²) in [7, 11) is 1.33. The maximum atomic E-state index is 11.9. The first-order valence-corrected chi connectivity index (χ1v) is 8.33. The maximum Gasteiger partial charge on any atom is 0.414 e. The molecule has 0 aliphatic heterocycles. The lowest BCUT2D eigenvalue weighted by molar-refractivity contribution is 0.0621. The Morgan fingerprint density at radius 3 is 1.96 bits per heavy atom. The van der Waals surface area contributed by atoms with Gasteiger partial charge in [-0.15, -0.1) is 4.73 Å². The van der Waals surface area contributed by atoms with Gasteiger partial charge in [-0.2, -0.15) is 9.97 Å². The fourth-order valence-electron chi connectivity index (χ4n) is 1.99. The topological polar surface area (TPSA) is 150 Å². The quantitative estimate of drug-likeness (QED) is 0.665. The average Bonchev–Trinajstić information content (AvgIpc) is 2.79. The molecule has 154 valence electrons. The van der Waals surface area contributed by atoms with Crippen LogP contribution in [0, 0.1) is 0 Å².